The zero-order valence-corrected chi connectivity index (χ0v) is 20.6. The number of carbonyl (C=O) groups excluding carboxylic acids is 1. The summed E-state index contributed by atoms with van der Waals surface area (Å²) in [6, 6.07) is 10.4. The van der Waals surface area contributed by atoms with Crippen LogP contribution in [0.1, 0.15) is 49.9 Å². The molecule has 0 bridgehead atoms. The van der Waals surface area contributed by atoms with Crippen molar-refractivity contribution in [2.24, 2.45) is 4.99 Å². The molecule has 34 heavy (non-hydrogen) atoms. The second kappa shape index (κ2) is 9.77. The third-order valence-corrected chi connectivity index (χ3v) is 9.04. The summed E-state index contributed by atoms with van der Waals surface area (Å²) >= 11 is 1.21. The van der Waals surface area contributed by atoms with Crippen molar-refractivity contribution in [3.8, 4) is 0 Å². The molecule has 1 aliphatic heterocycles. The number of rotatable bonds is 6. The van der Waals surface area contributed by atoms with Gasteiger partial charge in [-0.3, -0.25) is 14.9 Å². The van der Waals surface area contributed by atoms with Crippen LogP contribution in [0.3, 0.4) is 0 Å². The van der Waals surface area contributed by atoms with Gasteiger partial charge in [0.05, 0.1) is 20.0 Å². The van der Waals surface area contributed by atoms with Crippen molar-refractivity contribution < 1.29 is 18.1 Å². The van der Waals surface area contributed by atoms with Gasteiger partial charge in [-0.15, -0.1) is 0 Å². The molecular weight excluding hydrogens is 476 g/mol. The highest BCUT2D eigenvalue weighted by molar-refractivity contribution is 7.89. The number of non-ortho nitro benzene ring substituents is 1. The molecule has 1 unspecified atom stereocenters. The van der Waals surface area contributed by atoms with Crippen molar-refractivity contribution in [3.05, 3.63) is 62.9 Å². The standard InChI is InChI=1S/C23H26N4O5S2/c1-3-13-25-20-12-9-18(27(29)30)15-21(20)33-23(25)24-22(28)17-7-10-19(11-8-17)34(31,32)26-14-5-4-6-16(26)2/h7-12,15-16H,3-6,13-14H2,1-2H3. The Morgan fingerprint density at radius 2 is 1.94 bits per heavy atom. The minimum Gasteiger partial charge on any atom is -0.316 e. The number of sulfonamides is 1. The number of nitro groups is 1. The van der Waals surface area contributed by atoms with E-state index < -0.39 is 20.9 Å². The highest BCUT2D eigenvalue weighted by atomic mass is 32.2. The quantitative estimate of drug-likeness (QED) is 0.368. The van der Waals surface area contributed by atoms with Crippen LogP contribution in [0, 0.1) is 10.1 Å². The topological polar surface area (TPSA) is 115 Å². The first-order valence-electron chi connectivity index (χ1n) is 11.2. The fraction of sp³-hybridized carbons (Fsp3) is 0.391. The number of aryl methyl sites for hydroxylation is 1. The molecule has 11 heteroatoms. The van der Waals surface area contributed by atoms with Gasteiger partial charge in [0.15, 0.2) is 4.80 Å². The molecule has 1 fully saturated rings. The van der Waals surface area contributed by atoms with Crippen LogP contribution in [0.2, 0.25) is 0 Å². The molecule has 1 amide bonds. The average molecular weight is 503 g/mol. The summed E-state index contributed by atoms with van der Waals surface area (Å²) < 4.78 is 30.1. The first kappa shape index (κ1) is 24.2. The maximum absolute atomic E-state index is 13.0. The highest BCUT2D eigenvalue weighted by Gasteiger charge is 2.30. The number of fused-ring (bicyclic) bond motifs is 1. The molecule has 1 aromatic heterocycles. The lowest BCUT2D eigenvalue weighted by atomic mass is 10.1. The van der Waals surface area contributed by atoms with Crippen LogP contribution in [-0.2, 0) is 16.6 Å². The molecule has 2 heterocycles. The average Bonchev–Trinajstić information content (AvgIpc) is 3.15. The van der Waals surface area contributed by atoms with E-state index in [1.54, 1.807) is 6.07 Å². The van der Waals surface area contributed by atoms with Crippen molar-refractivity contribution in [1.29, 1.82) is 0 Å². The Labute approximate surface area is 201 Å². The second-order valence-corrected chi connectivity index (χ2v) is 11.2. The summed E-state index contributed by atoms with van der Waals surface area (Å²) in [7, 11) is -3.62. The maximum Gasteiger partial charge on any atom is 0.279 e. The zero-order chi connectivity index (χ0) is 24.5. The van der Waals surface area contributed by atoms with E-state index in [-0.39, 0.29) is 22.2 Å². The second-order valence-electron chi connectivity index (χ2n) is 8.35. The predicted octanol–water partition coefficient (Wildman–Crippen LogP) is 4.33. The molecule has 0 saturated carbocycles. The number of aromatic nitrogens is 1. The Morgan fingerprint density at radius 1 is 1.21 bits per heavy atom. The van der Waals surface area contributed by atoms with E-state index in [0.29, 0.717) is 22.6 Å². The van der Waals surface area contributed by atoms with Gasteiger partial charge < -0.3 is 4.57 Å². The van der Waals surface area contributed by atoms with Crippen molar-refractivity contribution >= 4 is 43.2 Å². The van der Waals surface area contributed by atoms with Crippen LogP contribution < -0.4 is 4.80 Å². The van der Waals surface area contributed by atoms with Crippen molar-refractivity contribution in [2.75, 3.05) is 6.54 Å². The molecule has 0 N–H and O–H groups in total. The van der Waals surface area contributed by atoms with Crippen molar-refractivity contribution in [1.82, 2.24) is 8.87 Å². The van der Waals surface area contributed by atoms with Crippen molar-refractivity contribution in [3.63, 3.8) is 0 Å². The van der Waals surface area contributed by atoms with Crippen LogP contribution in [0.25, 0.3) is 10.2 Å². The molecule has 1 saturated heterocycles. The number of nitrogens with zero attached hydrogens (tertiary/aromatic N) is 4. The van der Waals surface area contributed by atoms with E-state index in [1.165, 1.54) is 52.0 Å². The molecule has 180 valence electrons. The molecule has 4 rings (SSSR count). The number of carbonyl (C=O) groups is 1. The van der Waals surface area contributed by atoms with E-state index in [2.05, 4.69) is 4.99 Å². The first-order chi connectivity index (χ1) is 16.2. The first-order valence-corrected chi connectivity index (χ1v) is 13.5. The van der Waals surface area contributed by atoms with Crippen molar-refractivity contribution in [2.45, 2.75) is 57.0 Å². The van der Waals surface area contributed by atoms with Gasteiger partial charge >= 0.3 is 0 Å². The number of nitro benzene ring substituents is 1. The van der Waals surface area contributed by atoms with E-state index in [4.69, 9.17) is 0 Å². The lowest BCUT2D eigenvalue weighted by Crippen LogP contribution is -2.41. The maximum atomic E-state index is 13.0. The lowest BCUT2D eigenvalue weighted by molar-refractivity contribution is -0.384. The summed E-state index contributed by atoms with van der Waals surface area (Å²) in [5.74, 6) is -0.499. The number of hydrogen-bond acceptors (Lipinski definition) is 6. The smallest absolute Gasteiger partial charge is 0.279 e. The molecule has 3 aromatic rings. The van der Waals surface area contributed by atoms with E-state index in [0.717, 1.165) is 31.2 Å². The van der Waals surface area contributed by atoms with Crippen LogP contribution >= 0.6 is 11.3 Å². The summed E-state index contributed by atoms with van der Waals surface area (Å²) in [6.07, 6.45) is 3.50. The molecule has 0 radical (unpaired) electrons. The zero-order valence-electron chi connectivity index (χ0n) is 19.0. The fourth-order valence-electron chi connectivity index (χ4n) is 4.19. The Kier molecular flexibility index (Phi) is 6.96. The third kappa shape index (κ3) is 4.68. The van der Waals surface area contributed by atoms with Crippen LogP contribution in [0.15, 0.2) is 52.4 Å². The van der Waals surface area contributed by atoms with E-state index in [1.807, 2.05) is 18.4 Å². The van der Waals surface area contributed by atoms with E-state index in [9.17, 15) is 23.3 Å². The lowest BCUT2D eigenvalue weighted by Gasteiger charge is -2.32. The van der Waals surface area contributed by atoms with Crippen LogP contribution in [0.5, 0.6) is 0 Å². The van der Waals surface area contributed by atoms with Gasteiger partial charge in [-0.2, -0.15) is 9.30 Å². The molecule has 0 aliphatic carbocycles. The Bertz CT molecular complexity index is 1410. The minimum absolute atomic E-state index is 0.0184. The monoisotopic (exact) mass is 502 g/mol. The molecule has 2 aromatic carbocycles. The Morgan fingerprint density at radius 3 is 2.59 bits per heavy atom. The number of piperidine rings is 1. The number of thiazole rings is 1. The normalized spacial score (nSPS) is 17.8. The number of benzene rings is 2. The summed E-state index contributed by atoms with van der Waals surface area (Å²) in [5.41, 5.74) is 1.04. The third-order valence-electron chi connectivity index (χ3n) is 5.97. The van der Waals surface area contributed by atoms with Gasteiger partial charge in [0.1, 0.15) is 0 Å². The fourth-order valence-corrected chi connectivity index (χ4v) is 6.97. The van der Waals surface area contributed by atoms with Gasteiger partial charge in [-0.05, 0) is 56.5 Å². The summed E-state index contributed by atoms with van der Waals surface area (Å²) in [4.78, 5) is 28.4. The highest BCUT2D eigenvalue weighted by Crippen LogP contribution is 2.26. The summed E-state index contributed by atoms with van der Waals surface area (Å²) in [6.45, 7) is 5.02. The number of amides is 1. The Hall–Kier alpha value is -2.89. The largest absolute Gasteiger partial charge is 0.316 e. The minimum atomic E-state index is -3.62. The molecular formula is C23H26N4O5S2. The van der Waals surface area contributed by atoms with Gasteiger partial charge in [0.2, 0.25) is 10.0 Å². The molecule has 1 atom stereocenters. The van der Waals surface area contributed by atoms with Crippen LogP contribution in [-0.4, -0.2) is 40.7 Å². The Balaban J connectivity index is 1.66. The molecule has 1 aliphatic rings. The van der Waals surface area contributed by atoms with Gasteiger partial charge in [0.25, 0.3) is 11.6 Å². The number of hydrogen-bond donors (Lipinski definition) is 0. The molecule has 9 nitrogen and oxygen atoms in total. The predicted molar refractivity (Wildman–Crippen MR) is 130 cm³/mol. The molecule has 0 spiro atoms. The van der Waals surface area contributed by atoms with Gasteiger partial charge in [-0.25, -0.2) is 8.42 Å². The summed E-state index contributed by atoms with van der Waals surface area (Å²) in [5, 5.41) is 11.1. The van der Waals surface area contributed by atoms with E-state index >= 15 is 0 Å². The van der Waals surface area contributed by atoms with Gasteiger partial charge in [-0.1, -0.05) is 24.7 Å². The SMILES string of the molecule is CCCn1c(=NC(=O)c2ccc(S(=O)(=O)N3CCCCC3C)cc2)sc2cc([N+](=O)[O-])ccc21. The van der Waals surface area contributed by atoms with Gasteiger partial charge in [0, 0.05) is 36.8 Å². The van der Waals surface area contributed by atoms with Crippen LogP contribution in [0.4, 0.5) is 5.69 Å².